The van der Waals surface area contributed by atoms with Gasteiger partial charge < -0.3 is 9.64 Å². The van der Waals surface area contributed by atoms with E-state index in [9.17, 15) is 9.18 Å². The second-order valence-electron chi connectivity index (χ2n) is 8.21. The van der Waals surface area contributed by atoms with Gasteiger partial charge in [-0.1, -0.05) is 39.5 Å². The number of thioether (sulfide) groups is 1. The molecule has 2 aliphatic rings. The number of carbonyl (C=O) groups is 1. The number of carbonyl (C=O) groups excluding carboxylic acids is 1. The number of unbranched alkanes of at least 4 members (excludes halogenated alkanes) is 2. The number of ether oxygens (including phenoxy) is 1. The molecule has 0 N–H and O–H groups in total. The standard InChI is InChI=1S/C23H34FNO2S/c1-3-5-6-8-17(7-4-2)15-27-22-14-21(24)20(13-19(22)18-9-10-18)23(26)25-11-12-28-16-25/h13-14,17-18H,3-12,15-16H2,1-2H3. The fraction of sp³-hybridized carbons (Fsp3) is 0.696. The molecule has 2 fully saturated rings. The van der Waals surface area contributed by atoms with Gasteiger partial charge in [0.05, 0.1) is 18.0 Å². The van der Waals surface area contributed by atoms with Gasteiger partial charge in [0.2, 0.25) is 0 Å². The van der Waals surface area contributed by atoms with Crippen molar-refractivity contribution >= 4 is 17.7 Å². The monoisotopic (exact) mass is 407 g/mol. The highest BCUT2D eigenvalue weighted by Gasteiger charge is 2.31. The molecule has 1 unspecified atom stereocenters. The number of halogens is 1. The van der Waals surface area contributed by atoms with Crippen LogP contribution in [0, 0.1) is 11.7 Å². The van der Waals surface area contributed by atoms with E-state index < -0.39 is 5.82 Å². The number of benzene rings is 1. The van der Waals surface area contributed by atoms with Gasteiger partial charge in [-0.3, -0.25) is 4.79 Å². The maximum Gasteiger partial charge on any atom is 0.257 e. The van der Waals surface area contributed by atoms with Crippen LogP contribution in [0.5, 0.6) is 5.75 Å². The summed E-state index contributed by atoms with van der Waals surface area (Å²) in [5.74, 6) is 2.56. The zero-order chi connectivity index (χ0) is 19.9. The minimum absolute atomic E-state index is 0.181. The molecule has 1 aromatic carbocycles. The van der Waals surface area contributed by atoms with E-state index in [0.29, 0.717) is 36.6 Å². The van der Waals surface area contributed by atoms with Gasteiger partial charge in [0, 0.05) is 18.4 Å². The van der Waals surface area contributed by atoms with Crippen molar-refractivity contribution in [2.75, 3.05) is 24.8 Å². The minimum atomic E-state index is -0.445. The van der Waals surface area contributed by atoms with E-state index in [2.05, 4.69) is 13.8 Å². The average molecular weight is 408 g/mol. The van der Waals surface area contributed by atoms with Gasteiger partial charge >= 0.3 is 0 Å². The first-order valence-corrected chi connectivity index (χ1v) is 12.1. The molecule has 5 heteroatoms. The molecule has 1 amide bonds. The summed E-state index contributed by atoms with van der Waals surface area (Å²) in [5, 5.41) is 0. The summed E-state index contributed by atoms with van der Waals surface area (Å²) >= 11 is 1.72. The second-order valence-corrected chi connectivity index (χ2v) is 9.29. The van der Waals surface area contributed by atoms with E-state index in [1.807, 2.05) is 0 Å². The quantitative estimate of drug-likeness (QED) is 0.408. The van der Waals surface area contributed by atoms with Crippen LogP contribution in [0.1, 0.15) is 87.1 Å². The molecular weight excluding hydrogens is 373 g/mol. The summed E-state index contributed by atoms with van der Waals surface area (Å²) in [5.41, 5.74) is 1.24. The van der Waals surface area contributed by atoms with Crippen molar-refractivity contribution in [3.8, 4) is 5.75 Å². The van der Waals surface area contributed by atoms with Crippen molar-refractivity contribution in [3.63, 3.8) is 0 Å². The van der Waals surface area contributed by atoms with Crippen LogP contribution in [0.15, 0.2) is 12.1 Å². The van der Waals surface area contributed by atoms with Crippen LogP contribution < -0.4 is 4.74 Å². The first kappa shape index (κ1) is 21.5. The van der Waals surface area contributed by atoms with Crippen molar-refractivity contribution in [2.45, 2.75) is 71.1 Å². The van der Waals surface area contributed by atoms with Crippen molar-refractivity contribution < 1.29 is 13.9 Å². The Morgan fingerprint density at radius 1 is 1.25 bits per heavy atom. The second kappa shape index (κ2) is 10.5. The maximum atomic E-state index is 14.8. The molecule has 1 saturated heterocycles. The van der Waals surface area contributed by atoms with Crippen LogP contribution in [0.4, 0.5) is 4.39 Å². The Morgan fingerprint density at radius 3 is 2.71 bits per heavy atom. The third kappa shape index (κ3) is 5.65. The van der Waals surface area contributed by atoms with Crippen molar-refractivity contribution in [1.82, 2.24) is 4.90 Å². The molecule has 1 heterocycles. The molecule has 0 bridgehead atoms. The molecule has 3 rings (SSSR count). The Morgan fingerprint density at radius 2 is 2.07 bits per heavy atom. The molecule has 0 aromatic heterocycles. The fourth-order valence-corrected chi connectivity index (χ4v) is 4.87. The molecule has 1 aliphatic heterocycles. The topological polar surface area (TPSA) is 29.5 Å². The third-order valence-electron chi connectivity index (χ3n) is 5.77. The molecule has 1 atom stereocenters. The summed E-state index contributed by atoms with van der Waals surface area (Å²) < 4.78 is 21.0. The zero-order valence-corrected chi connectivity index (χ0v) is 18.2. The van der Waals surface area contributed by atoms with E-state index in [4.69, 9.17) is 4.74 Å². The van der Waals surface area contributed by atoms with Crippen LogP contribution in [-0.2, 0) is 0 Å². The third-order valence-corrected chi connectivity index (χ3v) is 6.74. The summed E-state index contributed by atoms with van der Waals surface area (Å²) in [6.07, 6.45) is 9.38. The highest BCUT2D eigenvalue weighted by atomic mass is 32.2. The summed E-state index contributed by atoms with van der Waals surface area (Å²) in [6, 6.07) is 3.25. The molecule has 0 radical (unpaired) electrons. The van der Waals surface area contributed by atoms with Gasteiger partial charge in [-0.25, -0.2) is 4.39 Å². The van der Waals surface area contributed by atoms with E-state index in [0.717, 1.165) is 37.0 Å². The highest BCUT2D eigenvalue weighted by Crippen LogP contribution is 2.45. The fourth-order valence-electron chi connectivity index (χ4n) is 3.93. The summed E-state index contributed by atoms with van der Waals surface area (Å²) in [6.45, 7) is 5.78. The Bertz CT molecular complexity index is 656. The Labute approximate surface area is 173 Å². The number of amides is 1. The summed E-state index contributed by atoms with van der Waals surface area (Å²) in [4.78, 5) is 14.4. The van der Waals surface area contributed by atoms with Crippen molar-refractivity contribution in [2.24, 2.45) is 5.92 Å². The molecule has 1 aliphatic carbocycles. The molecule has 3 nitrogen and oxygen atoms in total. The van der Waals surface area contributed by atoms with Gasteiger partial charge in [-0.15, -0.1) is 11.8 Å². The van der Waals surface area contributed by atoms with Gasteiger partial charge in [0.1, 0.15) is 11.6 Å². The largest absolute Gasteiger partial charge is 0.493 e. The van der Waals surface area contributed by atoms with Crippen LogP contribution in [0.3, 0.4) is 0 Å². The predicted molar refractivity (Wildman–Crippen MR) is 115 cm³/mol. The molecular formula is C23H34FNO2S. The first-order chi connectivity index (χ1) is 13.6. The first-order valence-electron chi connectivity index (χ1n) is 11.0. The highest BCUT2D eigenvalue weighted by molar-refractivity contribution is 7.99. The number of nitrogens with zero attached hydrogens (tertiary/aromatic N) is 1. The summed E-state index contributed by atoms with van der Waals surface area (Å²) in [7, 11) is 0. The Kier molecular flexibility index (Phi) is 8.07. The van der Waals surface area contributed by atoms with Gasteiger partial charge in [0.15, 0.2) is 0 Å². The number of hydrogen-bond donors (Lipinski definition) is 0. The molecule has 0 spiro atoms. The van der Waals surface area contributed by atoms with Gasteiger partial charge in [-0.05, 0) is 49.1 Å². The molecule has 156 valence electrons. The maximum absolute atomic E-state index is 14.8. The van der Waals surface area contributed by atoms with E-state index in [-0.39, 0.29) is 11.5 Å². The van der Waals surface area contributed by atoms with Crippen LogP contribution >= 0.6 is 11.8 Å². The SMILES string of the molecule is CCCCCC(CCC)COc1cc(F)c(C(=O)N2CCSC2)cc1C1CC1. The van der Waals surface area contributed by atoms with E-state index in [1.54, 1.807) is 22.7 Å². The van der Waals surface area contributed by atoms with Crippen molar-refractivity contribution in [1.29, 1.82) is 0 Å². The van der Waals surface area contributed by atoms with E-state index >= 15 is 0 Å². The van der Waals surface area contributed by atoms with Crippen LogP contribution in [-0.4, -0.2) is 35.6 Å². The molecule has 1 aromatic rings. The zero-order valence-electron chi connectivity index (χ0n) is 17.3. The molecule has 28 heavy (non-hydrogen) atoms. The lowest BCUT2D eigenvalue weighted by molar-refractivity contribution is 0.0798. The van der Waals surface area contributed by atoms with Crippen LogP contribution in [0.2, 0.25) is 0 Å². The van der Waals surface area contributed by atoms with Crippen LogP contribution in [0.25, 0.3) is 0 Å². The van der Waals surface area contributed by atoms with Gasteiger partial charge in [-0.2, -0.15) is 0 Å². The molecule has 1 saturated carbocycles. The average Bonchev–Trinajstić information content (AvgIpc) is 3.38. The number of rotatable bonds is 11. The smallest absolute Gasteiger partial charge is 0.257 e. The van der Waals surface area contributed by atoms with Crippen molar-refractivity contribution in [3.05, 3.63) is 29.1 Å². The minimum Gasteiger partial charge on any atom is -0.493 e. The Hall–Kier alpha value is -1.23. The lowest BCUT2D eigenvalue weighted by Crippen LogP contribution is -2.28. The van der Waals surface area contributed by atoms with E-state index in [1.165, 1.54) is 31.7 Å². The van der Waals surface area contributed by atoms with Gasteiger partial charge in [0.25, 0.3) is 5.91 Å². The lowest BCUT2D eigenvalue weighted by atomic mass is 9.97. The predicted octanol–water partition coefficient (Wildman–Crippen LogP) is 6.23. The number of hydrogen-bond acceptors (Lipinski definition) is 3. The lowest BCUT2D eigenvalue weighted by Gasteiger charge is -2.20. The normalized spacial score (nSPS) is 17.8. The Balaban J connectivity index is 1.71.